The number of hydrogen-bond donors (Lipinski definition) is 2. The minimum Gasteiger partial charge on any atom is -0.482 e. The van der Waals surface area contributed by atoms with Gasteiger partial charge in [-0.3, -0.25) is 19.7 Å². The van der Waals surface area contributed by atoms with E-state index in [1.807, 2.05) is 6.92 Å². The molecule has 5 amide bonds. The average Bonchev–Trinajstić information content (AvgIpc) is 2.84. The first-order chi connectivity index (χ1) is 17.2. The normalized spacial score (nSPS) is 14.6. The predicted octanol–water partition coefficient (Wildman–Crippen LogP) is 4.99. The summed E-state index contributed by atoms with van der Waals surface area (Å²) in [4.78, 5) is 50.7. The largest absolute Gasteiger partial charge is 0.482 e. The summed E-state index contributed by atoms with van der Waals surface area (Å²) in [5, 5.41) is 5.54. The molecule has 0 radical (unpaired) electrons. The second-order valence-electron chi connectivity index (χ2n) is 7.78. The fourth-order valence-electron chi connectivity index (χ4n) is 3.37. The molecule has 0 spiro atoms. The molecular formula is C26H19Cl2N3O5. The van der Waals surface area contributed by atoms with Gasteiger partial charge in [0.15, 0.2) is 6.61 Å². The third-order valence-electron chi connectivity index (χ3n) is 5.20. The van der Waals surface area contributed by atoms with Crippen molar-refractivity contribution in [1.29, 1.82) is 0 Å². The van der Waals surface area contributed by atoms with Crippen molar-refractivity contribution >= 4 is 64.4 Å². The lowest BCUT2D eigenvalue weighted by molar-refractivity contribution is -0.122. The lowest BCUT2D eigenvalue weighted by atomic mass is 10.1. The van der Waals surface area contributed by atoms with Gasteiger partial charge in [0, 0.05) is 10.7 Å². The number of aryl methyl sites for hydroxylation is 1. The van der Waals surface area contributed by atoms with Crippen LogP contribution in [0.2, 0.25) is 10.0 Å². The van der Waals surface area contributed by atoms with Crippen LogP contribution < -0.4 is 20.3 Å². The van der Waals surface area contributed by atoms with Gasteiger partial charge in [-0.05, 0) is 60.5 Å². The summed E-state index contributed by atoms with van der Waals surface area (Å²) in [6.07, 6.45) is 1.32. The number of barbiturate groups is 1. The van der Waals surface area contributed by atoms with Crippen molar-refractivity contribution in [1.82, 2.24) is 5.32 Å². The van der Waals surface area contributed by atoms with E-state index in [1.54, 1.807) is 54.6 Å². The molecule has 1 aliphatic heterocycles. The number of ether oxygens (including phenoxy) is 1. The zero-order valence-electron chi connectivity index (χ0n) is 18.9. The van der Waals surface area contributed by atoms with Crippen LogP contribution in [-0.2, 0) is 14.4 Å². The molecule has 1 saturated heterocycles. The highest BCUT2D eigenvalue weighted by molar-refractivity contribution is 6.39. The number of nitrogens with one attached hydrogen (secondary N) is 2. The van der Waals surface area contributed by atoms with Gasteiger partial charge in [0.25, 0.3) is 17.7 Å². The van der Waals surface area contributed by atoms with Gasteiger partial charge in [0.2, 0.25) is 0 Å². The number of imide groups is 2. The smallest absolute Gasteiger partial charge is 0.335 e. The van der Waals surface area contributed by atoms with Crippen molar-refractivity contribution in [2.75, 3.05) is 16.8 Å². The fraction of sp³-hybridized carbons (Fsp3) is 0.0769. The number of anilines is 2. The third kappa shape index (κ3) is 5.56. The Morgan fingerprint density at radius 2 is 1.75 bits per heavy atom. The number of carbonyl (C=O) groups excluding carboxylic acids is 4. The number of carbonyl (C=O) groups is 4. The molecular weight excluding hydrogens is 505 g/mol. The van der Waals surface area contributed by atoms with Crippen LogP contribution in [0.15, 0.2) is 72.3 Å². The SMILES string of the molecule is Cc1ccc(NC(=O)COc2ccc(/C=C3/C(=O)NC(=O)N(c4ccccc4)C3=O)cc2Cl)cc1Cl. The first-order valence-electron chi connectivity index (χ1n) is 10.7. The molecule has 3 aromatic rings. The highest BCUT2D eigenvalue weighted by Crippen LogP contribution is 2.28. The Labute approximate surface area is 216 Å². The van der Waals surface area contributed by atoms with Gasteiger partial charge in [-0.1, -0.05) is 53.5 Å². The summed E-state index contributed by atoms with van der Waals surface area (Å²) >= 11 is 12.4. The van der Waals surface area contributed by atoms with Crippen molar-refractivity contribution in [3.05, 3.63) is 93.5 Å². The summed E-state index contributed by atoms with van der Waals surface area (Å²) in [5.41, 5.74) is 1.93. The van der Waals surface area contributed by atoms with Crippen molar-refractivity contribution in [3.63, 3.8) is 0 Å². The molecule has 2 N–H and O–H groups in total. The Kier molecular flexibility index (Phi) is 7.38. The van der Waals surface area contributed by atoms with E-state index in [4.69, 9.17) is 27.9 Å². The number of urea groups is 1. The molecule has 182 valence electrons. The number of benzene rings is 3. The molecule has 4 rings (SSSR count). The predicted molar refractivity (Wildman–Crippen MR) is 137 cm³/mol. The monoisotopic (exact) mass is 523 g/mol. The maximum absolute atomic E-state index is 12.9. The second-order valence-corrected chi connectivity index (χ2v) is 8.60. The molecule has 0 unspecified atom stereocenters. The first-order valence-corrected chi connectivity index (χ1v) is 11.4. The van der Waals surface area contributed by atoms with Crippen LogP contribution >= 0.6 is 23.2 Å². The zero-order valence-corrected chi connectivity index (χ0v) is 20.4. The van der Waals surface area contributed by atoms with Gasteiger partial charge in [0.05, 0.1) is 10.7 Å². The topological polar surface area (TPSA) is 105 Å². The van der Waals surface area contributed by atoms with Gasteiger partial charge >= 0.3 is 6.03 Å². The molecule has 1 aliphatic rings. The first kappa shape index (κ1) is 25.0. The van der Waals surface area contributed by atoms with Gasteiger partial charge in [0.1, 0.15) is 11.3 Å². The molecule has 36 heavy (non-hydrogen) atoms. The summed E-state index contributed by atoms with van der Waals surface area (Å²) in [5.74, 6) is -1.76. The Hall–Kier alpha value is -4.14. The van der Waals surface area contributed by atoms with Crippen LogP contribution in [0.4, 0.5) is 16.2 Å². The summed E-state index contributed by atoms with van der Waals surface area (Å²) in [6.45, 7) is 1.55. The van der Waals surface area contributed by atoms with Crippen LogP contribution in [-0.4, -0.2) is 30.4 Å². The number of amides is 5. The number of para-hydroxylation sites is 1. The van der Waals surface area contributed by atoms with Crippen LogP contribution in [0.1, 0.15) is 11.1 Å². The van der Waals surface area contributed by atoms with E-state index < -0.39 is 23.8 Å². The zero-order chi connectivity index (χ0) is 25.8. The quantitative estimate of drug-likeness (QED) is 0.350. The maximum Gasteiger partial charge on any atom is 0.335 e. The summed E-state index contributed by atoms with van der Waals surface area (Å²) in [6, 6.07) is 17.1. The second kappa shape index (κ2) is 10.6. The van der Waals surface area contributed by atoms with E-state index in [0.29, 0.717) is 22.0 Å². The molecule has 0 aromatic heterocycles. The van der Waals surface area contributed by atoms with Crippen molar-refractivity contribution in [3.8, 4) is 5.75 Å². The Balaban J connectivity index is 1.46. The summed E-state index contributed by atoms with van der Waals surface area (Å²) in [7, 11) is 0. The number of rotatable bonds is 6. The molecule has 10 heteroatoms. The van der Waals surface area contributed by atoms with Gasteiger partial charge in [-0.2, -0.15) is 0 Å². The summed E-state index contributed by atoms with van der Waals surface area (Å²) < 4.78 is 5.50. The number of nitrogens with zero attached hydrogens (tertiary/aromatic N) is 1. The molecule has 0 atom stereocenters. The molecule has 0 bridgehead atoms. The molecule has 1 fully saturated rings. The van der Waals surface area contributed by atoms with E-state index in [2.05, 4.69) is 10.6 Å². The lowest BCUT2D eigenvalue weighted by Crippen LogP contribution is -2.54. The molecule has 3 aromatic carbocycles. The van der Waals surface area contributed by atoms with Crippen LogP contribution in [0, 0.1) is 6.92 Å². The van der Waals surface area contributed by atoms with E-state index in [-0.39, 0.29) is 23.0 Å². The minimum absolute atomic E-state index is 0.162. The molecule has 0 aliphatic carbocycles. The van der Waals surface area contributed by atoms with E-state index >= 15 is 0 Å². The molecule has 1 heterocycles. The van der Waals surface area contributed by atoms with Crippen LogP contribution in [0.3, 0.4) is 0 Å². The van der Waals surface area contributed by atoms with E-state index in [1.165, 1.54) is 18.2 Å². The molecule has 8 nitrogen and oxygen atoms in total. The van der Waals surface area contributed by atoms with E-state index in [0.717, 1.165) is 10.5 Å². The van der Waals surface area contributed by atoms with Crippen molar-refractivity contribution in [2.24, 2.45) is 0 Å². The number of halogens is 2. The third-order valence-corrected chi connectivity index (χ3v) is 5.90. The highest BCUT2D eigenvalue weighted by Gasteiger charge is 2.36. The highest BCUT2D eigenvalue weighted by atomic mass is 35.5. The maximum atomic E-state index is 12.9. The van der Waals surface area contributed by atoms with Crippen molar-refractivity contribution in [2.45, 2.75) is 6.92 Å². The van der Waals surface area contributed by atoms with Crippen LogP contribution in [0.5, 0.6) is 5.75 Å². The van der Waals surface area contributed by atoms with E-state index in [9.17, 15) is 19.2 Å². The van der Waals surface area contributed by atoms with Gasteiger partial charge in [-0.25, -0.2) is 9.69 Å². The minimum atomic E-state index is -0.832. The van der Waals surface area contributed by atoms with Crippen LogP contribution in [0.25, 0.3) is 6.08 Å². The standard InChI is InChI=1S/C26H19Cl2N3O5/c1-15-7-9-17(13-20(15)27)29-23(32)14-36-22-10-8-16(12-21(22)28)11-19-24(33)30-26(35)31(25(19)34)18-5-3-2-4-6-18/h2-13H,14H2,1H3,(H,29,32)(H,30,33,35)/b19-11-. The fourth-order valence-corrected chi connectivity index (χ4v) is 3.79. The van der Waals surface area contributed by atoms with Gasteiger partial charge < -0.3 is 10.1 Å². The Morgan fingerprint density at radius 1 is 1.00 bits per heavy atom. The number of hydrogen-bond acceptors (Lipinski definition) is 5. The average molecular weight is 524 g/mol. The lowest BCUT2D eigenvalue weighted by Gasteiger charge is -2.26. The van der Waals surface area contributed by atoms with Crippen molar-refractivity contribution < 1.29 is 23.9 Å². The Morgan fingerprint density at radius 3 is 2.44 bits per heavy atom. The molecule has 0 saturated carbocycles. The Bertz CT molecular complexity index is 1410. The van der Waals surface area contributed by atoms with Gasteiger partial charge in [-0.15, -0.1) is 0 Å².